The van der Waals surface area contributed by atoms with Crippen LogP contribution in [0.4, 0.5) is 11.5 Å². The molecule has 7 heteroatoms. The molecule has 0 saturated heterocycles. The van der Waals surface area contributed by atoms with Crippen LogP contribution in [0.15, 0.2) is 76.4 Å². The summed E-state index contributed by atoms with van der Waals surface area (Å²) < 4.78 is 32.7. The van der Waals surface area contributed by atoms with Crippen LogP contribution in [0.3, 0.4) is 0 Å². The second kappa shape index (κ2) is 7.61. The molecule has 2 N–H and O–H groups in total. The Morgan fingerprint density at radius 2 is 1.88 bits per heavy atom. The number of aromatic amines is 1. The molecule has 1 aromatic carbocycles. The Labute approximate surface area is 153 Å². The van der Waals surface area contributed by atoms with Crippen LogP contribution in [-0.2, 0) is 10.0 Å². The molecule has 0 aliphatic rings. The number of nitrogens with one attached hydrogen (secondary N) is 2. The van der Waals surface area contributed by atoms with Gasteiger partial charge in [0.25, 0.3) is 15.8 Å². The number of hydrogen-bond acceptors (Lipinski definition) is 4. The minimum absolute atomic E-state index is 0.0415. The van der Waals surface area contributed by atoms with Crippen molar-refractivity contribution in [3.8, 4) is 0 Å². The van der Waals surface area contributed by atoms with Crippen LogP contribution in [0.2, 0.25) is 0 Å². The van der Waals surface area contributed by atoms with E-state index < -0.39 is 10.0 Å². The van der Waals surface area contributed by atoms with Crippen molar-refractivity contribution in [1.82, 2.24) is 0 Å². The van der Waals surface area contributed by atoms with Gasteiger partial charge in [-0.05, 0) is 44.2 Å². The zero-order chi connectivity index (χ0) is 18.6. The fourth-order valence-corrected chi connectivity index (χ4v) is 4.16. The smallest absolute Gasteiger partial charge is 0.272 e. The zero-order valence-corrected chi connectivity index (χ0v) is 15.5. The average molecular weight is 372 g/mol. The first-order chi connectivity index (χ1) is 12.5. The Kier molecular flexibility index (Phi) is 5.27. The van der Waals surface area contributed by atoms with Crippen LogP contribution in [0, 0.1) is 0 Å². The highest BCUT2D eigenvalue weighted by molar-refractivity contribution is 7.92. The molecule has 2 aromatic heterocycles. The van der Waals surface area contributed by atoms with Crippen molar-refractivity contribution in [2.45, 2.75) is 24.8 Å². The molecule has 1 atom stereocenters. The van der Waals surface area contributed by atoms with Gasteiger partial charge in [-0.15, -0.1) is 0 Å². The summed E-state index contributed by atoms with van der Waals surface area (Å²) in [4.78, 5) is 3.22. The van der Waals surface area contributed by atoms with Gasteiger partial charge >= 0.3 is 0 Å². The SMILES string of the molecule is CCN(c1ccccc1)S(=O)(=O)c1ccc(N[C@@H](C)c2ccco2)[nH+]c1. The molecule has 0 amide bonds. The minimum Gasteiger partial charge on any atom is -0.465 e. The van der Waals surface area contributed by atoms with E-state index in [1.165, 1.54) is 10.5 Å². The monoisotopic (exact) mass is 372 g/mol. The van der Waals surface area contributed by atoms with E-state index >= 15 is 0 Å². The Morgan fingerprint density at radius 3 is 2.46 bits per heavy atom. The maximum atomic E-state index is 13.0. The Hall–Kier alpha value is -2.80. The predicted molar refractivity (Wildman–Crippen MR) is 100 cm³/mol. The third-order valence-corrected chi connectivity index (χ3v) is 5.94. The molecule has 0 radical (unpaired) electrons. The molecular formula is C19H22N3O3S+. The molecule has 6 nitrogen and oxygen atoms in total. The van der Waals surface area contributed by atoms with E-state index in [1.54, 1.807) is 30.5 Å². The van der Waals surface area contributed by atoms with E-state index in [0.29, 0.717) is 18.1 Å². The van der Waals surface area contributed by atoms with E-state index in [4.69, 9.17) is 4.42 Å². The number of rotatable bonds is 7. The normalized spacial score (nSPS) is 12.5. The summed E-state index contributed by atoms with van der Waals surface area (Å²) in [6, 6.07) is 16.0. The van der Waals surface area contributed by atoms with Crippen molar-refractivity contribution >= 4 is 21.5 Å². The van der Waals surface area contributed by atoms with Crippen molar-refractivity contribution in [3.63, 3.8) is 0 Å². The first-order valence-corrected chi connectivity index (χ1v) is 9.86. The number of benzene rings is 1. The van der Waals surface area contributed by atoms with Crippen LogP contribution in [0.25, 0.3) is 0 Å². The van der Waals surface area contributed by atoms with E-state index in [-0.39, 0.29) is 10.9 Å². The highest BCUT2D eigenvalue weighted by Gasteiger charge is 2.25. The van der Waals surface area contributed by atoms with E-state index in [0.717, 1.165) is 5.76 Å². The lowest BCUT2D eigenvalue weighted by Gasteiger charge is -2.22. The molecule has 26 heavy (non-hydrogen) atoms. The molecule has 3 aromatic rings. The highest BCUT2D eigenvalue weighted by atomic mass is 32.2. The summed E-state index contributed by atoms with van der Waals surface area (Å²) in [7, 11) is -3.64. The van der Waals surface area contributed by atoms with Crippen LogP contribution in [-0.4, -0.2) is 15.0 Å². The number of aromatic nitrogens is 1. The molecule has 0 bridgehead atoms. The minimum atomic E-state index is -3.64. The number of H-pyrrole nitrogens is 1. The lowest BCUT2D eigenvalue weighted by Crippen LogP contribution is -2.31. The fraction of sp³-hybridized carbons (Fsp3) is 0.211. The lowest BCUT2D eigenvalue weighted by molar-refractivity contribution is -0.364. The summed E-state index contributed by atoms with van der Waals surface area (Å²) in [5.41, 5.74) is 0.642. The van der Waals surface area contributed by atoms with Crippen LogP contribution >= 0.6 is 0 Å². The zero-order valence-electron chi connectivity index (χ0n) is 14.7. The van der Waals surface area contributed by atoms with Gasteiger partial charge in [0.05, 0.1) is 12.0 Å². The van der Waals surface area contributed by atoms with E-state index in [9.17, 15) is 8.42 Å². The van der Waals surface area contributed by atoms with Crippen molar-refractivity contribution < 1.29 is 17.8 Å². The first-order valence-electron chi connectivity index (χ1n) is 8.42. The summed E-state index contributed by atoms with van der Waals surface area (Å²) in [5, 5.41) is 3.24. The van der Waals surface area contributed by atoms with Crippen LogP contribution in [0.1, 0.15) is 25.6 Å². The first kappa shape index (κ1) is 18.0. The van der Waals surface area contributed by atoms with Crippen molar-refractivity contribution in [3.05, 3.63) is 72.8 Å². The van der Waals surface area contributed by atoms with Gasteiger partial charge in [-0.25, -0.2) is 13.4 Å². The number of anilines is 2. The molecule has 0 spiro atoms. The van der Waals surface area contributed by atoms with Gasteiger partial charge in [-0.2, -0.15) is 0 Å². The second-order valence-electron chi connectivity index (χ2n) is 5.82. The Morgan fingerprint density at radius 1 is 1.12 bits per heavy atom. The van der Waals surface area contributed by atoms with E-state index in [1.807, 2.05) is 44.2 Å². The molecule has 0 unspecified atom stereocenters. The van der Waals surface area contributed by atoms with Gasteiger partial charge in [-0.1, -0.05) is 18.2 Å². The summed E-state index contributed by atoms with van der Waals surface area (Å²) in [6.45, 7) is 4.13. The predicted octanol–water partition coefficient (Wildman–Crippen LogP) is 3.48. The molecule has 0 aliphatic heterocycles. The molecule has 2 heterocycles. The maximum absolute atomic E-state index is 13.0. The molecule has 3 rings (SSSR count). The third kappa shape index (κ3) is 3.72. The van der Waals surface area contributed by atoms with Crippen molar-refractivity contribution in [2.75, 3.05) is 16.2 Å². The number of pyridine rings is 1. The van der Waals surface area contributed by atoms with Gasteiger partial charge in [0.1, 0.15) is 22.9 Å². The molecule has 0 saturated carbocycles. The number of sulfonamides is 1. The number of furan rings is 1. The maximum Gasteiger partial charge on any atom is 0.272 e. The number of nitrogens with zero attached hydrogens (tertiary/aromatic N) is 1. The van der Waals surface area contributed by atoms with Crippen LogP contribution < -0.4 is 14.6 Å². The van der Waals surface area contributed by atoms with Gasteiger partial charge in [-0.3, -0.25) is 9.62 Å². The summed E-state index contributed by atoms with van der Waals surface area (Å²) >= 11 is 0. The molecular weight excluding hydrogens is 350 g/mol. The third-order valence-electron chi connectivity index (χ3n) is 4.05. The van der Waals surface area contributed by atoms with Gasteiger partial charge in [0.15, 0.2) is 0 Å². The number of para-hydroxylation sites is 1. The molecule has 0 aliphatic carbocycles. The molecule has 136 valence electrons. The fourth-order valence-electron chi connectivity index (χ4n) is 2.72. The van der Waals surface area contributed by atoms with Gasteiger partial charge in [0, 0.05) is 12.6 Å². The molecule has 0 fully saturated rings. The Bertz CT molecular complexity index is 924. The van der Waals surface area contributed by atoms with Gasteiger partial charge < -0.3 is 4.42 Å². The lowest BCUT2D eigenvalue weighted by atomic mass is 10.2. The average Bonchev–Trinajstić information content (AvgIpc) is 3.18. The standard InChI is InChI=1S/C19H21N3O3S/c1-3-22(16-8-5-4-6-9-16)26(23,24)17-11-12-19(20-14-17)21-15(2)18-10-7-13-25-18/h4-15H,3H2,1-2H3,(H,20,21)/p+1/t15-/m0/s1. The van der Waals surface area contributed by atoms with Crippen LogP contribution in [0.5, 0.6) is 0 Å². The highest BCUT2D eigenvalue weighted by Crippen LogP contribution is 2.23. The Balaban J connectivity index is 1.80. The summed E-state index contributed by atoms with van der Waals surface area (Å²) in [5.74, 6) is 1.51. The van der Waals surface area contributed by atoms with E-state index in [2.05, 4.69) is 10.3 Å². The largest absolute Gasteiger partial charge is 0.465 e. The second-order valence-corrected chi connectivity index (χ2v) is 7.69. The van der Waals surface area contributed by atoms with Crippen molar-refractivity contribution in [1.29, 1.82) is 0 Å². The summed E-state index contributed by atoms with van der Waals surface area (Å²) in [6.07, 6.45) is 3.12. The topological polar surface area (TPSA) is 76.7 Å². The van der Waals surface area contributed by atoms with Gasteiger partial charge in [0.2, 0.25) is 0 Å². The van der Waals surface area contributed by atoms with Crippen molar-refractivity contribution in [2.24, 2.45) is 0 Å². The quantitative estimate of drug-likeness (QED) is 0.689. The number of hydrogen-bond donors (Lipinski definition) is 1.